The first-order valence-corrected chi connectivity index (χ1v) is 8.26. The van der Waals surface area contributed by atoms with E-state index in [-0.39, 0.29) is 16.7 Å². The van der Waals surface area contributed by atoms with Crippen LogP contribution in [0.2, 0.25) is 0 Å². The van der Waals surface area contributed by atoms with Crippen LogP contribution in [0.5, 0.6) is 0 Å². The molecule has 1 aromatic rings. The Balaban J connectivity index is 2.96. The number of aryl methyl sites for hydroxylation is 1. The quantitative estimate of drug-likeness (QED) is 0.861. The molecule has 2 N–H and O–H groups in total. The number of thiophene rings is 1. The molecule has 17 heavy (non-hydrogen) atoms. The molecule has 1 atom stereocenters. The van der Waals surface area contributed by atoms with E-state index in [1.54, 1.807) is 6.07 Å². The topological polar surface area (TPSA) is 66.4 Å². The van der Waals surface area contributed by atoms with Crippen molar-refractivity contribution >= 4 is 37.3 Å². The molecular weight excluding hydrogens is 326 g/mol. The summed E-state index contributed by atoms with van der Waals surface area (Å²) in [5.41, 5.74) is 0.889. The van der Waals surface area contributed by atoms with Crippen molar-refractivity contribution in [2.45, 2.75) is 31.0 Å². The Morgan fingerprint density at radius 3 is 2.47 bits per heavy atom. The summed E-state index contributed by atoms with van der Waals surface area (Å²) in [4.78, 5) is 0. The molecule has 0 aromatic carbocycles. The maximum atomic E-state index is 12.0. The Bertz CT molecular complexity index is 462. The van der Waals surface area contributed by atoms with E-state index >= 15 is 0 Å². The first-order chi connectivity index (χ1) is 7.77. The molecule has 0 radical (unpaired) electrons. The van der Waals surface area contributed by atoms with E-state index in [9.17, 15) is 8.42 Å². The van der Waals surface area contributed by atoms with Crippen molar-refractivity contribution in [3.05, 3.63) is 15.4 Å². The van der Waals surface area contributed by atoms with Crippen LogP contribution in [-0.4, -0.2) is 26.2 Å². The minimum atomic E-state index is -3.54. The summed E-state index contributed by atoms with van der Waals surface area (Å²) < 4.78 is 27.7. The van der Waals surface area contributed by atoms with Crippen molar-refractivity contribution in [1.29, 1.82) is 0 Å². The van der Waals surface area contributed by atoms with E-state index in [0.29, 0.717) is 0 Å². The number of nitrogens with one attached hydrogen (secondary N) is 1. The van der Waals surface area contributed by atoms with Crippen molar-refractivity contribution in [1.82, 2.24) is 4.72 Å². The lowest BCUT2D eigenvalue weighted by Crippen LogP contribution is -2.40. The highest BCUT2D eigenvalue weighted by Crippen LogP contribution is 2.30. The molecule has 1 heterocycles. The number of halogens is 1. The number of sulfonamides is 1. The molecule has 1 aromatic heterocycles. The summed E-state index contributed by atoms with van der Waals surface area (Å²) in [6.45, 7) is 5.35. The fourth-order valence-electron chi connectivity index (χ4n) is 1.21. The number of hydrogen-bond acceptors (Lipinski definition) is 4. The second-order valence-electron chi connectivity index (χ2n) is 4.18. The predicted molar refractivity (Wildman–Crippen MR) is 72.8 cm³/mol. The monoisotopic (exact) mass is 341 g/mol. The highest BCUT2D eigenvalue weighted by molar-refractivity contribution is 9.11. The SMILES string of the molecule is Cc1cc(S(=O)(=O)N[C@H](CO)C(C)C)sc1Br. The number of rotatable bonds is 5. The molecule has 0 spiro atoms. The predicted octanol–water partition coefficient (Wildman–Crippen LogP) is 2.11. The van der Waals surface area contributed by atoms with Crippen LogP contribution in [0, 0.1) is 12.8 Å². The van der Waals surface area contributed by atoms with Gasteiger partial charge in [0.05, 0.1) is 10.4 Å². The highest BCUT2D eigenvalue weighted by atomic mass is 79.9. The van der Waals surface area contributed by atoms with Gasteiger partial charge in [0.15, 0.2) is 0 Å². The van der Waals surface area contributed by atoms with E-state index < -0.39 is 16.1 Å². The average Bonchev–Trinajstić information content (AvgIpc) is 2.56. The number of aliphatic hydroxyl groups excluding tert-OH is 1. The van der Waals surface area contributed by atoms with Crippen LogP contribution < -0.4 is 4.72 Å². The van der Waals surface area contributed by atoms with Crippen LogP contribution in [0.1, 0.15) is 19.4 Å². The molecule has 0 bridgehead atoms. The molecule has 0 amide bonds. The minimum absolute atomic E-state index is 0.0410. The van der Waals surface area contributed by atoms with Gasteiger partial charge in [-0.2, -0.15) is 0 Å². The second-order valence-corrected chi connectivity index (χ2v) is 8.49. The maximum absolute atomic E-state index is 12.0. The van der Waals surface area contributed by atoms with Gasteiger partial charge in [0.1, 0.15) is 4.21 Å². The van der Waals surface area contributed by atoms with E-state index in [0.717, 1.165) is 9.35 Å². The lowest BCUT2D eigenvalue weighted by atomic mass is 10.1. The Labute approximate surface area is 114 Å². The average molecular weight is 342 g/mol. The van der Waals surface area contributed by atoms with Crippen molar-refractivity contribution in [2.24, 2.45) is 5.92 Å². The lowest BCUT2D eigenvalue weighted by Gasteiger charge is -2.19. The van der Waals surface area contributed by atoms with Crippen LogP contribution in [0.15, 0.2) is 14.1 Å². The molecule has 1 rings (SSSR count). The van der Waals surface area contributed by atoms with Gasteiger partial charge in [0.2, 0.25) is 10.0 Å². The van der Waals surface area contributed by atoms with Gasteiger partial charge in [-0.15, -0.1) is 11.3 Å². The zero-order chi connectivity index (χ0) is 13.2. The molecule has 0 fully saturated rings. The molecule has 98 valence electrons. The van der Waals surface area contributed by atoms with Gasteiger partial charge in [-0.3, -0.25) is 0 Å². The van der Waals surface area contributed by atoms with Gasteiger partial charge in [0.25, 0.3) is 0 Å². The third-order valence-electron chi connectivity index (χ3n) is 2.41. The fraction of sp³-hybridized carbons (Fsp3) is 0.600. The largest absolute Gasteiger partial charge is 0.395 e. The zero-order valence-electron chi connectivity index (χ0n) is 9.90. The standard InChI is InChI=1S/C10H16BrNO3S2/c1-6(2)8(5-13)12-17(14,15)9-4-7(3)10(11)16-9/h4,6,8,12-13H,5H2,1-3H3/t8-/m1/s1. The second kappa shape index (κ2) is 5.79. The first kappa shape index (κ1) is 15.1. The van der Waals surface area contributed by atoms with Crippen molar-refractivity contribution in [2.75, 3.05) is 6.61 Å². The van der Waals surface area contributed by atoms with E-state index in [1.165, 1.54) is 11.3 Å². The van der Waals surface area contributed by atoms with Gasteiger partial charge < -0.3 is 5.11 Å². The van der Waals surface area contributed by atoms with Crippen molar-refractivity contribution in [3.8, 4) is 0 Å². The first-order valence-electron chi connectivity index (χ1n) is 5.17. The number of hydrogen-bond donors (Lipinski definition) is 2. The molecular formula is C10H16BrNO3S2. The Morgan fingerprint density at radius 2 is 2.12 bits per heavy atom. The van der Waals surface area contributed by atoms with Crippen molar-refractivity contribution < 1.29 is 13.5 Å². The minimum Gasteiger partial charge on any atom is -0.395 e. The van der Waals surface area contributed by atoms with E-state index in [2.05, 4.69) is 20.7 Å². The van der Waals surface area contributed by atoms with Gasteiger partial charge in [-0.05, 0) is 40.4 Å². The van der Waals surface area contributed by atoms with Crippen LogP contribution in [0.3, 0.4) is 0 Å². The highest BCUT2D eigenvalue weighted by Gasteiger charge is 2.23. The van der Waals surface area contributed by atoms with Crippen LogP contribution in [0.4, 0.5) is 0 Å². The maximum Gasteiger partial charge on any atom is 0.250 e. The van der Waals surface area contributed by atoms with E-state index in [1.807, 2.05) is 20.8 Å². The summed E-state index contributed by atoms with van der Waals surface area (Å²) in [6.07, 6.45) is 0. The van der Waals surface area contributed by atoms with Crippen LogP contribution >= 0.6 is 27.3 Å². The molecule has 0 saturated carbocycles. The normalized spacial score (nSPS) is 14.2. The Kier molecular flexibility index (Phi) is 5.15. The van der Waals surface area contributed by atoms with Crippen LogP contribution in [0.25, 0.3) is 0 Å². The summed E-state index contributed by atoms with van der Waals surface area (Å²) >= 11 is 4.47. The lowest BCUT2D eigenvalue weighted by molar-refractivity contribution is 0.228. The summed E-state index contributed by atoms with van der Waals surface area (Å²) in [6, 6.07) is 1.16. The fourth-order valence-corrected chi connectivity index (χ4v) is 4.82. The zero-order valence-corrected chi connectivity index (χ0v) is 13.1. The number of aliphatic hydroxyl groups is 1. The molecule has 0 aliphatic heterocycles. The van der Waals surface area contributed by atoms with Gasteiger partial charge in [-0.25, -0.2) is 13.1 Å². The summed E-state index contributed by atoms with van der Waals surface area (Å²) in [5.74, 6) is 0.0410. The summed E-state index contributed by atoms with van der Waals surface area (Å²) in [7, 11) is -3.54. The molecule has 0 saturated heterocycles. The van der Waals surface area contributed by atoms with Crippen molar-refractivity contribution in [3.63, 3.8) is 0 Å². The van der Waals surface area contributed by atoms with Gasteiger partial charge >= 0.3 is 0 Å². The van der Waals surface area contributed by atoms with Gasteiger partial charge in [0, 0.05) is 6.04 Å². The molecule has 0 aliphatic carbocycles. The van der Waals surface area contributed by atoms with Crippen LogP contribution in [-0.2, 0) is 10.0 Å². The third-order valence-corrected chi connectivity index (χ3v) is 6.51. The van der Waals surface area contributed by atoms with E-state index in [4.69, 9.17) is 5.11 Å². The summed E-state index contributed by atoms with van der Waals surface area (Å²) in [5, 5.41) is 9.13. The molecule has 0 aliphatic rings. The molecule has 4 nitrogen and oxygen atoms in total. The smallest absolute Gasteiger partial charge is 0.250 e. The Morgan fingerprint density at radius 1 is 1.53 bits per heavy atom. The Hall–Kier alpha value is 0.0500. The molecule has 7 heteroatoms. The molecule has 0 unspecified atom stereocenters. The van der Waals surface area contributed by atoms with Gasteiger partial charge in [-0.1, -0.05) is 13.8 Å². The third kappa shape index (κ3) is 3.75.